The Balaban J connectivity index is 2.07. The van der Waals surface area contributed by atoms with Crippen molar-refractivity contribution in [3.8, 4) is 5.75 Å². The molecule has 20 heavy (non-hydrogen) atoms. The Bertz CT molecular complexity index is 566. The molecular formula is C17H20ClNO. The first kappa shape index (κ1) is 14.9. The van der Waals surface area contributed by atoms with Crippen LogP contribution in [-0.2, 0) is 6.54 Å². The number of phenols is 1. The van der Waals surface area contributed by atoms with Crippen LogP contribution in [0.15, 0.2) is 42.5 Å². The summed E-state index contributed by atoms with van der Waals surface area (Å²) in [5.41, 5.74) is 3.29. The van der Waals surface area contributed by atoms with Gasteiger partial charge in [0, 0.05) is 23.2 Å². The zero-order valence-electron chi connectivity index (χ0n) is 11.9. The van der Waals surface area contributed by atoms with Crippen molar-refractivity contribution < 1.29 is 5.11 Å². The molecule has 2 aromatic rings. The standard InChI is InChI=1S/C17H20ClNO/c1-3-16(13-5-7-15(18)8-6-13)19-11-14-10-12(2)4-9-17(14)20/h4-10,16,19-20H,3,11H2,1-2H3. The van der Waals surface area contributed by atoms with Crippen LogP contribution < -0.4 is 5.32 Å². The number of aryl methyl sites for hydroxylation is 1. The molecule has 2 rings (SSSR count). The maximum Gasteiger partial charge on any atom is 0.120 e. The van der Waals surface area contributed by atoms with Crippen molar-refractivity contribution in [1.82, 2.24) is 5.32 Å². The second kappa shape index (κ2) is 6.78. The van der Waals surface area contributed by atoms with E-state index in [1.165, 1.54) is 5.56 Å². The molecule has 2 aromatic carbocycles. The molecule has 0 saturated heterocycles. The Labute approximate surface area is 125 Å². The van der Waals surface area contributed by atoms with Crippen LogP contribution in [-0.4, -0.2) is 5.11 Å². The lowest BCUT2D eigenvalue weighted by Gasteiger charge is -2.18. The van der Waals surface area contributed by atoms with Gasteiger partial charge >= 0.3 is 0 Å². The first-order valence-corrected chi connectivity index (χ1v) is 7.25. The van der Waals surface area contributed by atoms with Crippen LogP contribution in [0.5, 0.6) is 5.75 Å². The fourth-order valence-corrected chi connectivity index (χ4v) is 2.41. The molecule has 0 radical (unpaired) electrons. The topological polar surface area (TPSA) is 32.3 Å². The highest BCUT2D eigenvalue weighted by molar-refractivity contribution is 6.30. The normalized spacial score (nSPS) is 12.3. The van der Waals surface area contributed by atoms with Gasteiger partial charge in [0.1, 0.15) is 5.75 Å². The summed E-state index contributed by atoms with van der Waals surface area (Å²) in [6, 6.07) is 13.8. The van der Waals surface area contributed by atoms with Crippen LogP contribution >= 0.6 is 11.6 Å². The summed E-state index contributed by atoms with van der Waals surface area (Å²) in [7, 11) is 0. The molecular weight excluding hydrogens is 270 g/mol. The van der Waals surface area contributed by atoms with Gasteiger partial charge in [0.15, 0.2) is 0 Å². The fourth-order valence-electron chi connectivity index (χ4n) is 2.28. The van der Waals surface area contributed by atoms with Gasteiger partial charge in [-0.1, -0.05) is 48.4 Å². The van der Waals surface area contributed by atoms with Gasteiger partial charge in [0.25, 0.3) is 0 Å². The quantitative estimate of drug-likeness (QED) is 0.843. The van der Waals surface area contributed by atoms with Gasteiger partial charge < -0.3 is 10.4 Å². The second-order valence-electron chi connectivity index (χ2n) is 5.03. The highest BCUT2D eigenvalue weighted by atomic mass is 35.5. The fraction of sp³-hybridized carbons (Fsp3) is 0.294. The predicted molar refractivity (Wildman–Crippen MR) is 84.2 cm³/mol. The van der Waals surface area contributed by atoms with Crippen molar-refractivity contribution in [3.05, 3.63) is 64.2 Å². The molecule has 106 valence electrons. The lowest BCUT2D eigenvalue weighted by atomic mass is 10.0. The number of halogens is 1. The Morgan fingerprint density at radius 1 is 1.15 bits per heavy atom. The van der Waals surface area contributed by atoms with E-state index in [-0.39, 0.29) is 6.04 Å². The van der Waals surface area contributed by atoms with Crippen molar-refractivity contribution >= 4 is 11.6 Å². The third-order valence-corrected chi connectivity index (χ3v) is 3.71. The maximum atomic E-state index is 9.87. The van der Waals surface area contributed by atoms with E-state index in [4.69, 9.17) is 11.6 Å². The van der Waals surface area contributed by atoms with Gasteiger partial charge in [-0.2, -0.15) is 0 Å². The molecule has 0 fully saturated rings. The van der Waals surface area contributed by atoms with Gasteiger partial charge in [-0.05, 0) is 37.1 Å². The SMILES string of the molecule is CCC(NCc1cc(C)ccc1O)c1ccc(Cl)cc1. The van der Waals surface area contributed by atoms with Gasteiger partial charge in [-0.25, -0.2) is 0 Å². The number of phenolic OH excluding ortho intramolecular Hbond substituents is 1. The second-order valence-corrected chi connectivity index (χ2v) is 5.46. The summed E-state index contributed by atoms with van der Waals surface area (Å²) in [6.07, 6.45) is 0.980. The minimum atomic E-state index is 0.257. The third kappa shape index (κ3) is 3.75. The summed E-state index contributed by atoms with van der Waals surface area (Å²) in [6.45, 7) is 4.82. The predicted octanol–water partition coefficient (Wildman–Crippen LogP) is 4.59. The first-order chi connectivity index (χ1) is 9.60. The van der Waals surface area contributed by atoms with Crippen molar-refractivity contribution in [1.29, 1.82) is 0 Å². The zero-order chi connectivity index (χ0) is 14.5. The lowest BCUT2D eigenvalue weighted by Crippen LogP contribution is -2.20. The molecule has 2 nitrogen and oxygen atoms in total. The molecule has 0 heterocycles. The summed E-state index contributed by atoms with van der Waals surface area (Å²) in [5.74, 6) is 0.342. The summed E-state index contributed by atoms with van der Waals surface area (Å²) in [5, 5.41) is 14.1. The van der Waals surface area contributed by atoms with Crippen LogP contribution in [0.2, 0.25) is 5.02 Å². The Kier molecular flexibility index (Phi) is 5.05. The molecule has 0 bridgehead atoms. The van der Waals surface area contributed by atoms with Crippen LogP contribution in [0.1, 0.15) is 36.1 Å². The van der Waals surface area contributed by atoms with Gasteiger partial charge in [0.05, 0.1) is 0 Å². The minimum Gasteiger partial charge on any atom is -0.508 e. The van der Waals surface area contributed by atoms with Crippen LogP contribution in [0.4, 0.5) is 0 Å². The van der Waals surface area contributed by atoms with Crippen molar-refractivity contribution in [3.63, 3.8) is 0 Å². The molecule has 1 unspecified atom stereocenters. The maximum absolute atomic E-state index is 9.87. The average Bonchev–Trinajstić information content (AvgIpc) is 2.45. The number of hydrogen-bond acceptors (Lipinski definition) is 2. The average molecular weight is 290 g/mol. The highest BCUT2D eigenvalue weighted by Gasteiger charge is 2.10. The van der Waals surface area contributed by atoms with E-state index in [2.05, 4.69) is 12.2 Å². The first-order valence-electron chi connectivity index (χ1n) is 6.87. The summed E-state index contributed by atoms with van der Waals surface area (Å²) >= 11 is 5.92. The Morgan fingerprint density at radius 2 is 1.85 bits per heavy atom. The van der Waals surface area contributed by atoms with Gasteiger partial charge in [-0.15, -0.1) is 0 Å². The van der Waals surface area contributed by atoms with Crippen molar-refractivity contribution in [2.75, 3.05) is 0 Å². The van der Waals surface area contributed by atoms with Gasteiger partial charge in [0.2, 0.25) is 0 Å². The van der Waals surface area contributed by atoms with Crippen LogP contribution in [0.25, 0.3) is 0 Å². The van der Waals surface area contributed by atoms with Crippen LogP contribution in [0, 0.1) is 6.92 Å². The van der Waals surface area contributed by atoms with E-state index in [1.54, 1.807) is 6.07 Å². The van der Waals surface area contributed by atoms with E-state index < -0.39 is 0 Å². The molecule has 0 aliphatic rings. The smallest absolute Gasteiger partial charge is 0.120 e. The molecule has 0 saturated carbocycles. The largest absolute Gasteiger partial charge is 0.508 e. The zero-order valence-corrected chi connectivity index (χ0v) is 12.6. The van der Waals surface area contributed by atoms with Crippen molar-refractivity contribution in [2.45, 2.75) is 32.9 Å². The Morgan fingerprint density at radius 3 is 2.50 bits per heavy atom. The molecule has 1 atom stereocenters. The molecule has 0 aliphatic heterocycles. The highest BCUT2D eigenvalue weighted by Crippen LogP contribution is 2.22. The minimum absolute atomic E-state index is 0.257. The number of benzene rings is 2. The van der Waals surface area contributed by atoms with E-state index in [0.29, 0.717) is 12.3 Å². The number of hydrogen-bond donors (Lipinski definition) is 2. The summed E-state index contributed by atoms with van der Waals surface area (Å²) < 4.78 is 0. The molecule has 0 aromatic heterocycles. The molecule has 0 amide bonds. The molecule has 0 aliphatic carbocycles. The van der Waals surface area contributed by atoms with E-state index in [1.807, 2.05) is 43.3 Å². The number of aromatic hydroxyl groups is 1. The van der Waals surface area contributed by atoms with E-state index in [9.17, 15) is 5.11 Å². The Hall–Kier alpha value is -1.51. The van der Waals surface area contributed by atoms with Crippen molar-refractivity contribution in [2.24, 2.45) is 0 Å². The number of nitrogens with one attached hydrogen (secondary N) is 1. The van der Waals surface area contributed by atoms with E-state index >= 15 is 0 Å². The van der Waals surface area contributed by atoms with E-state index in [0.717, 1.165) is 22.6 Å². The van der Waals surface area contributed by atoms with Gasteiger partial charge in [-0.3, -0.25) is 0 Å². The lowest BCUT2D eigenvalue weighted by molar-refractivity contribution is 0.455. The number of rotatable bonds is 5. The molecule has 2 N–H and O–H groups in total. The summed E-state index contributed by atoms with van der Waals surface area (Å²) in [4.78, 5) is 0. The van der Waals surface area contributed by atoms with Crippen LogP contribution in [0.3, 0.4) is 0 Å². The monoisotopic (exact) mass is 289 g/mol. The molecule has 0 spiro atoms. The molecule has 3 heteroatoms. The third-order valence-electron chi connectivity index (χ3n) is 3.45.